The van der Waals surface area contributed by atoms with Crippen molar-refractivity contribution in [1.82, 2.24) is 0 Å². The van der Waals surface area contributed by atoms with Crippen molar-refractivity contribution in [1.29, 1.82) is 0 Å². The summed E-state index contributed by atoms with van der Waals surface area (Å²) in [6.07, 6.45) is 2.42. The third-order valence-electron chi connectivity index (χ3n) is 1.34. The van der Waals surface area contributed by atoms with Gasteiger partial charge in [0.2, 0.25) is 0 Å². The molecular formula is C9H16O3. The molecule has 0 saturated heterocycles. The van der Waals surface area contributed by atoms with Gasteiger partial charge in [-0.25, -0.2) is 4.79 Å². The number of hydrogen-bond donors (Lipinski definition) is 1. The highest BCUT2D eigenvalue weighted by Gasteiger charge is 2.11. The van der Waals surface area contributed by atoms with E-state index in [0.717, 1.165) is 6.08 Å². The van der Waals surface area contributed by atoms with E-state index in [-0.39, 0.29) is 0 Å². The van der Waals surface area contributed by atoms with E-state index >= 15 is 0 Å². The molecule has 0 radical (unpaired) electrons. The summed E-state index contributed by atoms with van der Waals surface area (Å²) in [5.41, 5.74) is -0.680. The quantitative estimate of drug-likeness (QED) is 0.386. The maximum atomic E-state index is 10.5. The van der Waals surface area contributed by atoms with Gasteiger partial charge in [0.15, 0.2) is 0 Å². The van der Waals surface area contributed by atoms with Crippen LogP contribution >= 0.6 is 0 Å². The van der Waals surface area contributed by atoms with E-state index in [1.807, 2.05) is 0 Å². The molecule has 0 bridgehead atoms. The molecule has 0 rings (SSSR count). The highest BCUT2D eigenvalue weighted by molar-refractivity contribution is 5.81. The summed E-state index contributed by atoms with van der Waals surface area (Å²) in [7, 11) is 0. The van der Waals surface area contributed by atoms with Crippen molar-refractivity contribution in [3.8, 4) is 0 Å². The predicted molar refractivity (Wildman–Crippen MR) is 46.7 cm³/mol. The lowest BCUT2D eigenvalue weighted by Gasteiger charge is -2.15. The van der Waals surface area contributed by atoms with Crippen molar-refractivity contribution >= 4 is 5.97 Å². The predicted octanol–water partition coefficient (Wildman–Crippen LogP) is 1.27. The summed E-state index contributed by atoms with van der Waals surface area (Å²) in [6, 6.07) is 0. The maximum absolute atomic E-state index is 10.5. The van der Waals surface area contributed by atoms with Gasteiger partial charge in [-0.05, 0) is 26.7 Å². The van der Waals surface area contributed by atoms with E-state index in [0.29, 0.717) is 19.4 Å². The van der Waals surface area contributed by atoms with Gasteiger partial charge in [0, 0.05) is 6.08 Å². The highest BCUT2D eigenvalue weighted by Crippen LogP contribution is 2.09. The second-order valence-corrected chi connectivity index (χ2v) is 3.29. The number of ether oxygens (including phenoxy) is 1. The zero-order valence-electron chi connectivity index (χ0n) is 7.67. The molecule has 12 heavy (non-hydrogen) atoms. The van der Waals surface area contributed by atoms with Crippen molar-refractivity contribution < 1.29 is 14.6 Å². The molecule has 3 nitrogen and oxygen atoms in total. The number of esters is 1. The van der Waals surface area contributed by atoms with Crippen molar-refractivity contribution in [2.75, 3.05) is 6.61 Å². The van der Waals surface area contributed by atoms with E-state index < -0.39 is 11.6 Å². The third-order valence-corrected chi connectivity index (χ3v) is 1.34. The molecule has 70 valence electrons. The largest absolute Gasteiger partial charge is 0.463 e. The van der Waals surface area contributed by atoms with Crippen LogP contribution in [0, 0.1) is 0 Å². The second kappa shape index (κ2) is 4.93. The standard InChI is InChI=1S/C9H16O3/c1-4-8(10)12-7-5-6-9(2,3)11/h4,11H,1,5-7H2,2-3H3. The van der Waals surface area contributed by atoms with Crippen LogP contribution in [0.4, 0.5) is 0 Å². The number of rotatable bonds is 5. The van der Waals surface area contributed by atoms with E-state index in [9.17, 15) is 9.90 Å². The van der Waals surface area contributed by atoms with Gasteiger partial charge in [-0.15, -0.1) is 0 Å². The summed E-state index contributed by atoms with van der Waals surface area (Å²) in [5, 5.41) is 9.28. The first-order valence-corrected chi connectivity index (χ1v) is 3.97. The van der Waals surface area contributed by atoms with Gasteiger partial charge in [0.25, 0.3) is 0 Å². The Morgan fingerprint density at radius 1 is 1.67 bits per heavy atom. The molecule has 1 N–H and O–H groups in total. The molecule has 0 aliphatic rings. The normalized spacial score (nSPS) is 10.9. The van der Waals surface area contributed by atoms with Gasteiger partial charge in [0.05, 0.1) is 12.2 Å². The lowest BCUT2D eigenvalue weighted by atomic mass is 10.0. The Bertz CT molecular complexity index is 156. The molecule has 0 aromatic heterocycles. The fraction of sp³-hybridized carbons (Fsp3) is 0.667. The Morgan fingerprint density at radius 3 is 2.67 bits per heavy atom. The van der Waals surface area contributed by atoms with E-state index in [4.69, 9.17) is 4.74 Å². The molecule has 0 atom stereocenters. The molecule has 0 aliphatic carbocycles. The monoisotopic (exact) mass is 172 g/mol. The van der Waals surface area contributed by atoms with Crippen LogP contribution in [0.3, 0.4) is 0 Å². The molecule has 0 saturated carbocycles. The SMILES string of the molecule is C=CC(=O)OCCCC(C)(C)O. The molecule has 0 heterocycles. The van der Waals surface area contributed by atoms with Crippen LogP contribution in [0.2, 0.25) is 0 Å². The Hall–Kier alpha value is -0.830. The summed E-state index contributed by atoms with van der Waals surface area (Å²) in [5.74, 6) is -0.411. The summed E-state index contributed by atoms with van der Waals surface area (Å²) < 4.78 is 4.72. The maximum Gasteiger partial charge on any atom is 0.330 e. The van der Waals surface area contributed by atoms with Crippen molar-refractivity contribution in [3.63, 3.8) is 0 Å². The van der Waals surface area contributed by atoms with Gasteiger partial charge >= 0.3 is 5.97 Å². The minimum atomic E-state index is -0.680. The first kappa shape index (κ1) is 11.2. The van der Waals surface area contributed by atoms with Crippen LogP contribution in [-0.4, -0.2) is 23.3 Å². The Morgan fingerprint density at radius 2 is 2.25 bits per heavy atom. The smallest absolute Gasteiger partial charge is 0.330 e. The molecule has 0 spiro atoms. The van der Waals surface area contributed by atoms with Gasteiger partial charge in [-0.1, -0.05) is 6.58 Å². The van der Waals surface area contributed by atoms with Crippen LogP contribution in [-0.2, 0) is 9.53 Å². The zero-order valence-corrected chi connectivity index (χ0v) is 7.67. The van der Waals surface area contributed by atoms with Crippen LogP contribution in [0.1, 0.15) is 26.7 Å². The highest BCUT2D eigenvalue weighted by atomic mass is 16.5. The molecular weight excluding hydrogens is 156 g/mol. The van der Waals surface area contributed by atoms with Crippen molar-refractivity contribution in [2.24, 2.45) is 0 Å². The van der Waals surface area contributed by atoms with Crippen LogP contribution in [0.5, 0.6) is 0 Å². The van der Waals surface area contributed by atoms with Gasteiger partial charge in [-0.3, -0.25) is 0 Å². The van der Waals surface area contributed by atoms with Crippen LogP contribution in [0.15, 0.2) is 12.7 Å². The number of carbonyl (C=O) groups is 1. The average Bonchev–Trinajstić information content (AvgIpc) is 1.96. The van der Waals surface area contributed by atoms with Crippen LogP contribution < -0.4 is 0 Å². The van der Waals surface area contributed by atoms with Gasteiger partial charge in [0.1, 0.15) is 0 Å². The molecule has 0 aromatic carbocycles. The molecule has 0 aliphatic heterocycles. The topological polar surface area (TPSA) is 46.5 Å². The molecule has 0 aromatic rings. The number of carbonyl (C=O) groups excluding carboxylic acids is 1. The van der Waals surface area contributed by atoms with Crippen molar-refractivity contribution in [2.45, 2.75) is 32.3 Å². The summed E-state index contributed by atoms with van der Waals surface area (Å²) in [6.45, 7) is 7.06. The Labute approximate surface area is 73.0 Å². The molecule has 0 amide bonds. The lowest BCUT2D eigenvalue weighted by Crippen LogP contribution is -2.19. The zero-order chi connectivity index (χ0) is 9.61. The second-order valence-electron chi connectivity index (χ2n) is 3.29. The van der Waals surface area contributed by atoms with Crippen LogP contribution in [0.25, 0.3) is 0 Å². The fourth-order valence-corrected chi connectivity index (χ4v) is 0.736. The average molecular weight is 172 g/mol. The molecule has 3 heteroatoms. The molecule has 0 unspecified atom stereocenters. The molecule has 0 fully saturated rings. The minimum absolute atomic E-state index is 0.342. The van der Waals surface area contributed by atoms with Gasteiger partial charge < -0.3 is 9.84 Å². The van der Waals surface area contributed by atoms with Crippen molar-refractivity contribution in [3.05, 3.63) is 12.7 Å². The number of aliphatic hydroxyl groups is 1. The minimum Gasteiger partial charge on any atom is -0.463 e. The van der Waals surface area contributed by atoms with E-state index in [1.165, 1.54) is 0 Å². The van der Waals surface area contributed by atoms with Gasteiger partial charge in [-0.2, -0.15) is 0 Å². The third kappa shape index (κ3) is 7.28. The van der Waals surface area contributed by atoms with E-state index in [2.05, 4.69) is 6.58 Å². The summed E-state index contributed by atoms with van der Waals surface area (Å²) in [4.78, 5) is 10.5. The first-order valence-electron chi connectivity index (χ1n) is 3.97. The summed E-state index contributed by atoms with van der Waals surface area (Å²) >= 11 is 0. The van der Waals surface area contributed by atoms with E-state index in [1.54, 1.807) is 13.8 Å². The fourth-order valence-electron chi connectivity index (χ4n) is 0.736. The Kier molecular flexibility index (Phi) is 4.59. The Balaban J connectivity index is 3.34. The lowest BCUT2D eigenvalue weighted by molar-refractivity contribution is -0.138. The first-order chi connectivity index (χ1) is 5.45. The number of hydrogen-bond acceptors (Lipinski definition) is 3.